The number of nitrogens with zero attached hydrogens (tertiary/aromatic N) is 4. The molecule has 0 saturated heterocycles. The van der Waals surface area contributed by atoms with E-state index in [0.29, 0.717) is 19.8 Å². The zero-order valence-electron chi connectivity index (χ0n) is 17.3. The van der Waals surface area contributed by atoms with E-state index >= 15 is 0 Å². The van der Waals surface area contributed by atoms with Gasteiger partial charge in [0, 0.05) is 14.2 Å². The molecule has 8 nitrogen and oxygen atoms in total. The Balaban J connectivity index is 1.65. The Morgan fingerprint density at radius 3 is 2.52 bits per heavy atom. The highest BCUT2D eigenvalue weighted by molar-refractivity contribution is 5.72. The van der Waals surface area contributed by atoms with Crippen LogP contribution in [0, 0.1) is 6.92 Å². The fraction of sp³-hybridized carbons (Fsp3) is 0.476. The van der Waals surface area contributed by atoms with Gasteiger partial charge in [-0.1, -0.05) is 30.3 Å². The van der Waals surface area contributed by atoms with Crippen molar-refractivity contribution in [3.05, 3.63) is 54.2 Å². The summed E-state index contributed by atoms with van der Waals surface area (Å²) in [6.45, 7) is 5.12. The van der Waals surface area contributed by atoms with Gasteiger partial charge >= 0.3 is 0 Å². The Morgan fingerprint density at radius 2 is 1.79 bits per heavy atom. The minimum Gasteiger partial charge on any atom is -0.382 e. The molecule has 0 saturated carbocycles. The number of imidazole rings is 1. The number of fused-ring (bicyclic) bond motifs is 1. The van der Waals surface area contributed by atoms with Crippen molar-refractivity contribution in [1.29, 1.82) is 0 Å². The second-order valence-electron chi connectivity index (χ2n) is 6.79. The van der Waals surface area contributed by atoms with Gasteiger partial charge < -0.3 is 18.9 Å². The number of aromatic nitrogens is 4. The van der Waals surface area contributed by atoms with Crippen molar-refractivity contribution in [2.75, 3.05) is 27.4 Å². The first-order chi connectivity index (χ1) is 14.1. The lowest BCUT2D eigenvalue weighted by atomic mass is 10.2. The second-order valence-corrected chi connectivity index (χ2v) is 6.79. The Kier molecular flexibility index (Phi) is 7.65. The molecule has 0 N–H and O–H groups in total. The lowest BCUT2D eigenvalue weighted by Crippen LogP contribution is -2.39. The predicted molar refractivity (Wildman–Crippen MR) is 108 cm³/mol. The van der Waals surface area contributed by atoms with Gasteiger partial charge in [0.2, 0.25) is 0 Å². The predicted octanol–water partition coefficient (Wildman–Crippen LogP) is 2.92. The number of hydrogen-bond donors (Lipinski definition) is 0. The first-order valence-electron chi connectivity index (χ1n) is 9.57. The molecule has 3 rings (SSSR count). The van der Waals surface area contributed by atoms with Crippen molar-refractivity contribution in [2.45, 2.75) is 38.9 Å². The minimum atomic E-state index is -0.323. The van der Waals surface area contributed by atoms with E-state index in [4.69, 9.17) is 18.9 Å². The van der Waals surface area contributed by atoms with Crippen LogP contribution in [0.25, 0.3) is 11.2 Å². The normalized spacial score (nSPS) is 14.8. The van der Waals surface area contributed by atoms with E-state index in [9.17, 15) is 0 Å². The first kappa shape index (κ1) is 21.3. The summed E-state index contributed by atoms with van der Waals surface area (Å²) >= 11 is 0. The van der Waals surface area contributed by atoms with E-state index in [1.165, 1.54) is 6.33 Å². The number of aryl methyl sites for hydroxylation is 1. The van der Waals surface area contributed by atoms with E-state index in [1.807, 2.05) is 48.7 Å². The summed E-state index contributed by atoms with van der Waals surface area (Å²) < 4.78 is 25.0. The summed E-state index contributed by atoms with van der Waals surface area (Å²) in [5.74, 6) is 0. The van der Waals surface area contributed by atoms with Gasteiger partial charge in [-0.2, -0.15) is 0 Å². The summed E-state index contributed by atoms with van der Waals surface area (Å²) in [6, 6.07) is 10.0. The highest BCUT2D eigenvalue weighted by atomic mass is 16.6. The number of ether oxygens (including phenoxy) is 4. The van der Waals surface area contributed by atoms with Gasteiger partial charge in [-0.3, -0.25) is 4.57 Å². The monoisotopic (exact) mass is 400 g/mol. The third-order valence-corrected chi connectivity index (χ3v) is 4.75. The van der Waals surface area contributed by atoms with Crippen LogP contribution in [0.4, 0.5) is 0 Å². The van der Waals surface area contributed by atoms with Crippen molar-refractivity contribution >= 4 is 11.2 Å². The van der Waals surface area contributed by atoms with E-state index in [1.54, 1.807) is 20.5 Å². The summed E-state index contributed by atoms with van der Waals surface area (Å²) in [5.41, 5.74) is 3.44. The molecule has 3 unspecified atom stereocenters. The molecule has 1 aromatic carbocycles. The highest BCUT2D eigenvalue weighted by Crippen LogP contribution is 2.21. The molecule has 3 aromatic rings. The van der Waals surface area contributed by atoms with Crippen LogP contribution in [-0.2, 0) is 25.6 Å². The van der Waals surface area contributed by atoms with Crippen molar-refractivity contribution in [1.82, 2.24) is 19.5 Å². The van der Waals surface area contributed by atoms with Gasteiger partial charge in [0.25, 0.3) is 0 Å². The van der Waals surface area contributed by atoms with Crippen LogP contribution < -0.4 is 0 Å². The number of rotatable bonds is 11. The third-order valence-electron chi connectivity index (χ3n) is 4.75. The summed E-state index contributed by atoms with van der Waals surface area (Å²) in [6.07, 6.45) is 2.32. The van der Waals surface area contributed by atoms with Gasteiger partial charge in [0.05, 0.1) is 31.8 Å². The highest BCUT2D eigenvalue weighted by Gasteiger charge is 2.26. The Hall–Kier alpha value is -2.39. The molecule has 0 bridgehead atoms. The molecule has 29 heavy (non-hydrogen) atoms. The second kappa shape index (κ2) is 10.4. The fourth-order valence-electron chi connectivity index (χ4n) is 3.15. The van der Waals surface area contributed by atoms with E-state index in [-0.39, 0.29) is 18.4 Å². The zero-order valence-corrected chi connectivity index (χ0v) is 17.3. The van der Waals surface area contributed by atoms with Crippen LogP contribution in [0.1, 0.15) is 24.4 Å². The zero-order chi connectivity index (χ0) is 20.6. The average molecular weight is 400 g/mol. The van der Waals surface area contributed by atoms with Gasteiger partial charge in [0.15, 0.2) is 5.65 Å². The molecule has 2 aromatic heterocycles. The molecule has 8 heteroatoms. The van der Waals surface area contributed by atoms with E-state index < -0.39 is 0 Å². The largest absolute Gasteiger partial charge is 0.382 e. The summed E-state index contributed by atoms with van der Waals surface area (Å²) in [4.78, 5) is 12.9. The van der Waals surface area contributed by atoms with E-state index in [2.05, 4.69) is 15.0 Å². The number of benzene rings is 1. The Bertz CT molecular complexity index is 887. The molecular weight excluding hydrogens is 372 g/mol. The number of hydrogen-bond acceptors (Lipinski definition) is 7. The Labute approximate surface area is 170 Å². The van der Waals surface area contributed by atoms with Gasteiger partial charge in [0.1, 0.15) is 30.3 Å². The number of methoxy groups -OCH3 is 2. The SMILES string of the molecule is COCC(OC(C)n1cnc2c(C)ncnc21)C(COCc1ccccc1)OC. The molecule has 0 amide bonds. The molecule has 0 aliphatic rings. The van der Waals surface area contributed by atoms with Crippen LogP contribution >= 0.6 is 0 Å². The van der Waals surface area contributed by atoms with Crippen molar-refractivity contribution in [3.8, 4) is 0 Å². The third kappa shape index (κ3) is 5.36. The lowest BCUT2D eigenvalue weighted by Gasteiger charge is -2.29. The minimum absolute atomic E-state index is 0.285. The maximum atomic E-state index is 6.27. The topological polar surface area (TPSA) is 80.5 Å². The summed E-state index contributed by atoms with van der Waals surface area (Å²) in [7, 11) is 3.29. The average Bonchev–Trinajstić information content (AvgIpc) is 3.17. The molecule has 0 radical (unpaired) electrons. The van der Waals surface area contributed by atoms with Crippen LogP contribution in [0.15, 0.2) is 43.0 Å². The molecule has 0 aliphatic carbocycles. The Morgan fingerprint density at radius 1 is 1.00 bits per heavy atom. The molecular formula is C21H28N4O4. The van der Waals surface area contributed by atoms with Crippen LogP contribution in [0.5, 0.6) is 0 Å². The van der Waals surface area contributed by atoms with Crippen LogP contribution in [0.2, 0.25) is 0 Å². The van der Waals surface area contributed by atoms with Crippen molar-refractivity contribution in [3.63, 3.8) is 0 Å². The van der Waals surface area contributed by atoms with Crippen molar-refractivity contribution in [2.24, 2.45) is 0 Å². The quantitative estimate of drug-likeness (QED) is 0.489. The lowest BCUT2D eigenvalue weighted by molar-refractivity contribution is -0.147. The molecule has 3 atom stereocenters. The molecule has 2 heterocycles. The maximum absolute atomic E-state index is 6.27. The first-order valence-corrected chi connectivity index (χ1v) is 9.57. The molecule has 156 valence electrons. The maximum Gasteiger partial charge on any atom is 0.165 e. The van der Waals surface area contributed by atoms with Gasteiger partial charge in [-0.25, -0.2) is 15.0 Å². The molecule has 0 aliphatic heterocycles. The van der Waals surface area contributed by atoms with Crippen LogP contribution in [0.3, 0.4) is 0 Å². The molecule has 0 spiro atoms. The van der Waals surface area contributed by atoms with E-state index in [0.717, 1.165) is 22.4 Å². The smallest absolute Gasteiger partial charge is 0.165 e. The molecule has 0 fully saturated rings. The summed E-state index contributed by atoms with van der Waals surface area (Å²) in [5, 5.41) is 0. The van der Waals surface area contributed by atoms with Crippen molar-refractivity contribution < 1.29 is 18.9 Å². The van der Waals surface area contributed by atoms with Gasteiger partial charge in [-0.05, 0) is 19.4 Å². The van der Waals surface area contributed by atoms with Crippen LogP contribution in [-0.4, -0.2) is 59.2 Å². The fourth-order valence-corrected chi connectivity index (χ4v) is 3.15. The standard InChI is InChI=1S/C21H28N4O4/c1-15-20-21(23-13-22-15)25(14-24-20)16(2)29-19(11-26-3)18(27-4)12-28-10-17-8-6-5-7-9-17/h5-9,13-14,16,18-19H,10-12H2,1-4H3. The van der Waals surface area contributed by atoms with Gasteiger partial charge in [-0.15, -0.1) is 0 Å².